The number of carbonyl (C=O) groups is 2. The zero-order chi connectivity index (χ0) is 13.8. The molecule has 1 aromatic carbocycles. The van der Waals surface area contributed by atoms with E-state index in [1.807, 2.05) is 12.1 Å². The summed E-state index contributed by atoms with van der Waals surface area (Å²) in [4.78, 5) is 24.0. The van der Waals surface area contributed by atoms with Gasteiger partial charge in [-0.25, -0.2) is 4.79 Å². The fourth-order valence-corrected chi connectivity index (χ4v) is 2.16. The van der Waals surface area contributed by atoms with E-state index in [4.69, 9.17) is 9.84 Å². The highest BCUT2D eigenvalue weighted by molar-refractivity contribution is 6.04. The molecule has 0 aliphatic carbocycles. The number of anilines is 1. The van der Waals surface area contributed by atoms with Crippen LogP contribution < -0.4 is 9.64 Å². The van der Waals surface area contributed by atoms with Crippen molar-refractivity contribution in [3.8, 4) is 5.75 Å². The first-order valence-corrected chi connectivity index (χ1v) is 6.01. The zero-order valence-corrected chi connectivity index (χ0v) is 10.6. The Morgan fingerprint density at radius 2 is 2.16 bits per heavy atom. The molecule has 0 bridgehead atoms. The molecular weight excluding hydrogens is 246 g/mol. The first-order valence-electron chi connectivity index (χ1n) is 6.01. The first kappa shape index (κ1) is 13.1. The predicted octanol–water partition coefficient (Wildman–Crippen LogP) is 1.62. The van der Waals surface area contributed by atoms with Gasteiger partial charge in [-0.1, -0.05) is 0 Å². The normalized spacial score (nSPS) is 14.3. The Balaban J connectivity index is 2.27. The number of methoxy groups -OCH3 is 1. The second kappa shape index (κ2) is 5.56. The monoisotopic (exact) mass is 261 g/mol. The third kappa shape index (κ3) is 2.93. The number of nitrogens with zero attached hydrogens (tertiary/aromatic N) is 1. The standard InChI is InChI=1S/C14H15NO4/c1-19-11-4-5-12-10(9-11)3-2-8-15(12)13(16)6-7-14(17)18/h4-7,9H,2-3,8H2,1H3,(H,17,18)/b7-6+. The average Bonchev–Trinajstić information content (AvgIpc) is 2.43. The van der Waals surface area contributed by atoms with Gasteiger partial charge < -0.3 is 14.7 Å². The van der Waals surface area contributed by atoms with Gasteiger partial charge >= 0.3 is 5.97 Å². The molecule has 1 aliphatic rings. The van der Waals surface area contributed by atoms with Crippen molar-refractivity contribution in [2.24, 2.45) is 0 Å². The minimum atomic E-state index is -1.12. The van der Waals surface area contributed by atoms with Gasteiger partial charge in [0.2, 0.25) is 0 Å². The van der Waals surface area contributed by atoms with Gasteiger partial charge in [0.15, 0.2) is 0 Å². The van der Waals surface area contributed by atoms with Gasteiger partial charge in [-0.05, 0) is 36.6 Å². The second-order valence-corrected chi connectivity index (χ2v) is 4.26. The number of ether oxygens (including phenoxy) is 1. The van der Waals surface area contributed by atoms with Crippen molar-refractivity contribution < 1.29 is 19.4 Å². The molecule has 0 saturated heterocycles. The number of carboxylic acid groups (broad SMARTS) is 1. The molecule has 0 fully saturated rings. The van der Waals surface area contributed by atoms with Gasteiger partial charge in [-0.15, -0.1) is 0 Å². The van der Waals surface area contributed by atoms with E-state index in [1.54, 1.807) is 18.1 Å². The van der Waals surface area contributed by atoms with E-state index in [0.29, 0.717) is 6.54 Å². The number of carboxylic acids is 1. The third-order valence-corrected chi connectivity index (χ3v) is 3.04. The van der Waals surface area contributed by atoms with Crippen molar-refractivity contribution in [1.29, 1.82) is 0 Å². The minimum absolute atomic E-state index is 0.312. The van der Waals surface area contributed by atoms with Crippen LogP contribution >= 0.6 is 0 Å². The summed E-state index contributed by atoms with van der Waals surface area (Å²) >= 11 is 0. The smallest absolute Gasteiger partial charge is 0.328 e. The average molecular weight is 261 g/mol. The number of benzene rings is 1. The molecule has 5 heteroatoms. The highest BCUT2D eigenvalue weighted by Gasteiger charge is 2.21. The molecule has 0 spiro atoms. The lowest BCUT2D eigenvalue weighted by Gasteiger charge is -2.28. The summed E-state index contributed by atoms with van der Waals surface area (Å²) in [5.41, 5.74) is 1.87. The van der Waals surface area contributed by atoms with Crippen LogP contribution in [0, 0.1) is 0 Å². The molecule has 1 amide bonds. The number of aliphatic carboxylic acids is 1. The molecule has 1 heterocycles. The number of hydrogen-bond acceptors (Lipinski definition) is 3. The van der Waals surface area contributed by atoms with Gasteiger partial charge in [0.25, 0.3) is 5.91 Å². The Morgan fingerprint density at radius 1 is 1.37 bits per heavy atom. The van der Waals surface area contributed by atoms with Crippen LogP contribution in [0.5, 0.6) is 5.75 Å². The molecule has 100 valence electrons. The van der Waals surface area contributed by atoms with E-state index in [2.05, 4.69) is 0 Å². The van der Waals surface area contributed by atoms with Crippen LogP contribution in [-0.4, -0.2) is 30.6 Å². The summed E-state index contributed by atoms with van der Waals surface area (Å²) in [7, 11) is 1.60. The van der Waals surface area contributed by atoms with Gasteiger partial charge in [-0.2, -0.15) is 0 Å². The van der Waals surface area contributed by atoms with Crippen molar-refractivity contribution in [3.63, 3.8) is 0 Å². The zero-order valence-electron chi connectivity index (χ0n) is 10.6. The van der Waals surface area contributed by atoms with E-state index >= 15 is 0 Å². The topological polar surface area (TPSA) is 66.8 Å². The Hall–Kier alpha value is -2.30. The van der Waals surface area contributed by atoms with Gasteiger partial charge in [-0.3, -0.25) is 4.79 Å². The number of fused-ring (bicyclic) bond motifs is 1. The Labute approximate surface area is 111 Å². The number of amides is 1. The fraction of sp³-hybridized carbons (Fsp3) is 0.286. The second-order valence-electron chi connectivity index (χ2n) is 4.26. The number of carbonyl (C=O) groups excluding carboxylic acids is 1. The minimum Gasteiger partial charge on any atom is -0.497 e. The molecule has 0 atom stereocenters. The molecule has 5 nitrogen and oxygen atoms in total. The van der Waals surface area contributed by atoms with Gasteiger partial charge in [0, 0.05) is 24.4 Å². The summed E-state index contributed by atoms with van der Waals surface area (Å²) in [6, 6.07) is 5.54. The Morgan fingerprint density at radius 3 is 2.84 bits per heavy atom. The third-order valence-electron chi connectivity index (χ3n) is 3.04. The quantitative estimate of drug-likeness (QED) is 0.839. The first-order chi connectivity index (χ1) is 9.11. The van der Waals surface area contributed by atoms with E-state index < -0.39 is 5.97 Å². The summed E-state index contributed by atoms with van der Waals surface area (Å²) < 4.78 is 5.16. The molecule has 0 aromatic heterocycles. The molecule has 0 unspecified atom stereocenters. The highest BCUT2D eigenvalue weighted by Crippen LogP contribution is 2.30. The molecule has 1 aliphatic heterocycles. The molecule has 0 radical (unpaired) electrons. The fourth-order valence-electron chi connectivity index (χ4n) is 2.16. The van der Waals surface area contributed by atoms with Crippen molar-refractivity contribution in [1.82, 2.24) is 0 Å². The van der Waals surface area contributed by atoms with Crippen LogP contribution in [0.4, 0.5) is 5.69 Å². The molecule has 0 saturated carbocycles. The number of rotatable bonds is 3. The lowest BCUT2D eigenvalue weighted by Crippen LogP contribution is -2.34. The summed E-state index contributed by atoms with van der Waals surface area (Å²) in [5.74, 6) is -0.678. The van der Waals surface area contributed by atoms with Gasteiger partial charge in [0.1, 0.15) is 5.75 Å². The van der Waals surface area contributed by atoms with Crippen molar-refractivity contribution in [2.75, 3.05) is 18.6 Å². The summed E-state index contributed by atoms with van der Waals surface area (Å²) in [6.07, 6.45) is 3.69. The number of aryl methyl sites for hydroxylation is 1. The summed E-state index contributed by atoms with van der Waals surface area (Å²) in [5, 5.41) is 8.55. The molecule has 19 heavy (non-hydrogen) atoms. The van der Waals surface area contributed by atoms with Crippen LogP contribution in [0.2, 0.25) is 0 Å². The van der Waals surface area contributed by atoms with E-state index in [0.717, 1.165) is 42.0 Å². The van der Waals surface area contributed by atoms with E-state index in [1.165, 1.54) is 0 Å². The van der Waals surface area contributed by atoms with E-state index in [-0.39, 0.29) is 5.91 Å². The van der Waals surface area contributed by atoms with Crippen LogP contribution in [0.15, 0.2) is 30.4 Å². The van der Waals surface area contributed by atoms with Crippen LogP contribution in [0.1, 0.15) is 12.0 Å². The maximum Gasteiger partial charge on any atom is 0.328 e. The predicted molar refractivity (Wildman–Crippen MR) is 70.4 cm³/mol. The molecule has 2 rings (SSSR count). The summed E-state index contributed by atoms with van der Waals surface area (Å²) in [6.45, 7) is 0.599. The highest BCUT2D eigenvalue weighted by atomic mass is 16.5. The van der Waals surface area contributed by atoms with Crippen molar-refractivity contribution in [2.45, 2.75) is 12.8 Å². The van der Waals surface area contributed by atoms with Crippen molar-refractivity contribution in [3.05, 3.63) is 35.9 Å². The lowest BCUT2D eigenvalue weighted by atomic mass is 10.0. The van der Waals surface area contributed by atoms with Crippen molar-refractivity contribution >= 4 is 17.6 Å². The van der Waals surface area contributed by atoms with Gasteiger partial charge in [0.05, 0.1) is 7.11 Å². The Kier molecular flexibility index (Phi) is 3.85. The maximum atomic E-state index is 12.0. The number of hydrogen-bond donors (Lipinski definition) is 1. The SMILES string of the molecule is COc1ccc2c(c1)CCCN2C(=O)/C=C/C(=O)O. The molecule has 1 aromatic rings. The lowest BCUT2D eigenvalue weighted by molar-refractivity contribution is -0.131. The molecule has 1 N–H and O–H groups in total. The largest absolute Gasteiger partial charge is 0.497 e. The molecular formula is C14H15NO4. The van der Waals surface area contributed by atoms with Crippen LogP contribution in [-0.2, 0) is 16.0 Å². The van der Waals surface area contributed by atoms with Crippen LogP contribution in [0.3, 0.4) is 0 Å². The Bertz CT molecular complexity index is 536. The maximum absolute atomic E-state index is 12.0. The van der Waals surface area contributed by atoms with Crippen LogP contribution in [0.25, 0.3) is 0 Å². The van der Waals surface area contributed by atoms with E-state index in [9.17, 15) is 9.59 Å².